The Bertz CT molecular complexity index is 577. The molecule has 1 N–H and O–H groups in total. The zero-order valence-corrected chi connectivity index (χ0v) is 11.3. The quantitative estimate of drug-likeness (QED) is 0.895. The molecule has 3 unspecified atom stereocenters. The maximum absolute atomic E-state index is 11.6. The van der Waals surface area contributed by atoms with Crippen LogP contribution in [0.25, 0.3) is 0 Å². The number of carbonyl (C=O) groups is 1. The second-order valence-corrected chi connectivity index (χ2v) is 5.55. The summed E-state index contributed by atoms with van der Waals surface area (Å²) in [5, 5.41) is 9.51. The average molecular weight is 266 g/mol. The molecule has 0 bridgehead atoms. The Balaban J connectivity index is 1.72. The van der Waals surface area contributed by atoms with Crippen molar-refractivity contribution in [2.45, 2.75) is 18.8 Å². The second kappa shape index (κ2) is 5.49. The van der Waals surface area contributed by atoms with Gasteiger partial charge in [-0.25, -0.2) is 0 Å². The molecule has 3 atom stereocenters. The molecular weight excluding hydrogens is 248 g/mol. The van der Waals surface area contributed by atoms with E-state index in [4.69, 9.17) is 0 Å². The molecule has 0 aliphatic heterocycles. The Hall–Kier alpha value is -2.09. The lowest BCUT2D eigenvalue weighted by Crippen LogP contribution is -2.19. The minimum absolute atomic E-state index is 0.273. The molecule has 1 aliphatic carbocycles. The molecule has 0 spiro atoms. The van der Waals surface area contributed by atoms with Gasteiger partial charge in [0.25, 0.3) is 0 Å². The van der Waals surface area contributed by atoms with Gasteiger partial charge in [-0.3, -0.25) is 4.79 Å². The van der Waals surface area contributed by atoms with Crippen molar-refractivity contribution in [2.75, 3.05) is 0 Å². The predicted molar refractivity (Wildman–Crippen MR) is 78.6 cm³/mol. The van der Waals surface area contributed by atoms with Crippen molar-refractivity contribution in [1.82, 2.24) is 0 Å². The highest BCUT2D eigenvalue weighted by molar-refractivity contribution is 5.71. The molecule has 0 heterocycles. The number of hydrogen-bond donors (Lipinski definition) is 1. The van der Waals surface area contributed by atoms with E-state index in [0.29, 0.717) is 12.3 Å². The van der Waals surface area contributed by atoms with Gasteiger partial charge in [-0.15, -0.1) is 0 Å². The number of benzene rings is 2. The maximum Gasteiger partial charge on any atom is 0.307 e. The zero-order chi connectivity index (χ0) is 13.9. The molecule has 0 radical (unpaired) electrons. The van der Waals surface area contributed by atoms with Crippen molar-refractivity contribution < 1.29 is 9.90 Å². The van der Waals surface area contributed by atoms with Crippen LogP contribution in [0.1, 0.15) is 23.5 Å². The molecular formula is C18H18O2. The van der Waals surface area contributed by atoms with Crippen molar-refractivity contribution in [3.8, 4) is 0 Å². The van der Waals surface area contributed by atoms with Crippen LogP contribution in [-0.2, 0) is 11.2 Å². The van der Waals surface area contributed by atoms with Crippen LogP contribution in [0.4, 0.5) is 0 Å². The number of carboxylic acid groups (broad SMARTS) is 1. The van der Waals surface area contributed by atoms with Gasteiger partial charge in [0.15, 0.2) is 0 Å². The van der Waals surface area contributed by atoms with Gasteiger partial charge in [0.1, 0.15) is 0 Å². The fourth-order valence-electron chi connectivity index (χ4n) is 3.03. The first-order valence-corrected chi connectivity index (χ1v) is 7.07. The Morgan fingerprint density at radius 3 is 2.25 bits per heavy atom. The van der Waals surface area contributed by atoms with Crippen LogP contribution >= 0.6 is 0 Å². The monoisotopic (exact) mass is 266 g/mol. The molecule has 1 aliphatic rings. The molecule has 2 nitrogen and oxygen atoms in total. The summed E-state index contributed by atoms with van der Waals surface area (Å²) in [6.45, 7) is 0. The first-order valence-electron chi connectivity index (χ1n) is 7.07. The minimum atomic E-state index is -0.669. The first kappa shape index (κ1) is 12.9. The van der Waals surface area contributed by atoms with E-state index < -0.39 is 5.97 Å². The SMILES string of the molecule is O=C(O)C(Cc1ccccc1)C1CC1c1ccccc1. The summed E-state index contributed by atoms with van der Waals surface area (Å²) < 4.78 is 0. The zero-order valence-electron chi connectivity index (χ0n) is 11.3. The van der Waals surface area contributed by atoms with Crippen LogP contribution in [0.5, 0.6) is 0 Å². The number of aliphatic carboxylic acids is 1. The van der Waals surface area contributed by atoms with Gasteiger partial charge in [-0.05, 0) is 35.8 Å². The fraction of sp³-hybridized carbons (Fsp3) is 0.278. The summed E-state index contributed by atoms with van der Waals surface area (Å²) >= 11 is 0. The van der Waals surface area contributed by atoms with Crippen LogP contribution in [0.2, 0.25) is 0 Å². The molecule has 1 saturated carbocycles. The molecule has 2 heteroatoms. The van der Waals surface area contributed by atoms with Crippen molar-refractivity contribution in [3.05, 3.63) is 71.8 Å². The van der Waals surface area contributed by atoms with Gasteiger partial charge in [-0.2, -0.15) is 0 Å². The number of carboxylic acids is 1. The first-order chi connectivity index (χ1) is 9.75. The van der Waals surface area contributed by atoms with E-state index >= 15 is 0 Å². The lowest BCUT2D eigenvalue weighted by Gasteiger charge is -2.12. The predicted octanol–water partition coefficient (Wildman–Crippen LogP) is 3.73. The Kier molecular flexibility index (Phi) is 3.55. The smallest absolute Gasteiger partial charge is 0.307 e. The normalized spacial score (nSPS) is 22.2. The third-order valence-electron chi connectivity index (χ3n) is 4.20. The molecule has 3 rings (SSSR count). The molecule has 102 valence electrons. The van der Waals surface area contributed by atoms with E-state index in [-0.39, 0.29) is 11.8 Å². The van der Waals surface area contributed by atoms with Crippen LogP contribution in [0.3, 0.4) is 0 Å². The minimum Gasteiger partial charge on any atom is -0.481 e. The van der Waals surface area contributed by atoms with E-state index in [9.17, 15) is 9.90 Å². The largest absolute Gasteiger partial charge is 0.481 e. The fourth-order valence-corrected chi connectivity index (χ4v) is 3.03. The molecule has 0 amide bonds. The summed E-state index contributed by atoms with van der Waals surface area (Å²) in [6, 6.07) is 20.2. The summed E-state index contributed by atoms with van der Waals surface area (Å²) in [7, 11) is 0. The van der Waals surface area contributed by atoms with Crippen molar-refractivity contribution in [3.63, 3.8) is 0 Å². The lowest BCUT2D eigenvalue weighted by molar-refractivity contribution is -0.142. The average Bonchev–Trinajstić information content (AvgIpc) is 3.27. The van der Waals surface area contributed by atoms with Crippen molar-refractivity contribution in [1.29, 1.82) is 0 Å². The van der Waals surface area contributed by atoms with E-state index in [2.05, 4.69) is 12.1 Å². The van der Waals surface area contributed by atoms with Crippen LogP contribution in [-0.4, -0.2) is 11.1 Å². The summed E-state index contributed by atoms with van der Waals surface area (Å²) in [4.78, 5) is 11.6. The Morgan fingerprint density at radius 2 is 1.65 bits per heavy atom. The summed E-state index contributed by atoms with van der Waals surface area (Å²) in [5.41, 5.74) is 2.38. The Morgan fingerprint density at radius 1 is 1.05 bits per heavy atom. The van der Waals surface area contributed by atoms with Gasteiger partial charge in [0.05, 0.1) is 5.92 Å². The van der Waals surface area contributed by atoms with Gasteiger partial charge in [-0.1, -0.05) is 60.7 Å². The van der Waals surface area contributed by atoms with Crippen LogP contribution in [0, 0.1) is 11.8 Å². The van der Waals surface area contributed by atoms with Gasteiger partial charge in [0, 0.05) is 0 Å². The molecule has 0 aromatic heterocycles. The lowest BCUT2D eigenvalue weighted by atomic mass is 9.92. The highest BCUT2D eigenvalue weighted by Gasteiger charge is 2.46. The van der Waals surface area contributed by atoms with Crippen LogP contribution in [0.15, 0.2) is 60.7 Å². The maximum atomic E-state index is 11.6. The third-order valence-corrected chi connectivity index (χ3v) is 4.20. The molecule has 2 aromatic carbocycles. The summed E-state index contributed by atoms with van der Waals surface area (Å²) in [6.07, 6.45) is 1.62. The van der Waals surface area contributed by atoms with E-state index in [1.54, 1.807) is 0 Å². The van der Waals surface area contributed by atoms with Gasteiger partial charge in [0.2, 0.25) is 0 Å². The van der Waals surface area contributed by atoms with Crippen molar-refractivity contribution in [2.24, 2.45) is 11.8 Å². The Labute approximate surface area is 119 Å². The number of rotatable bonds is 5. The second-order valence-electron chi connectivity index (χ2n) is 5.55. The van der Waals surface area contributed by atoms with Crippen molar-refractivity contribution >= 4 is 5.97 Å². The third kappa shape index (κ3) is 2.74. The van der Waals surface area contributed by atoms with Crippen LogP contribution < -0.4 is 0 Å². The van der Waals surface area contributed by atoms with Gasteiger partial charge < -0.3 is 5.11 Å². The topological polar surface area (TPSA) is 37.3 Å². The van der Waals surface area contributed by atoms with E-state index in [0.717, 1.165) is 12.0 Å². The molecule has 20 heavy (non-hydrogen) atoms. The highest BCUT2D eigenvalue weighted by atomic mass is 16.4. The van der Waals surface area contributed by atoms with E-state index in [1.807, 2.05) is 48.5 Å². The van der Waals surface area contributed by atoms with E-state index in [1.165, 1.54) is 5.56 Å². The number of hydrogen-bond acceptors (Lipinski definition) is 1. The summed E-state index contributed by atoms with van der Waals surface area (Å²) in [5.74, 6) is -0.254. The van der Waals surface area contributed by atoms with Gasteiger partial charge >= 0.3 is 5.97 Å². The molecule has 1 fully saturated rings. The molecule has 0 saturated heterocycles. The molecule has 2 aromatic rings. The standard InChI is InChI=1S/C18H18O2/c19-18(20)17(11-13-7-3-1-4-8-13)16-12-15(16)14-9-5-2-6-10-14/h1-10,15-17H,11-12H2,(H,19,20). The highest BCUT2D eigenvalue weighted by Crippen LogP contribution is 2.52.